The lowest BCUT2D eigenvalue weighted by Gasteiger charge is -2.40. The number of carboxylic acids is 1. The SMILES string of the molecule is CC(C)(C)[C@H](c1nn(-c2cc(F)ccc2F)cc1Cc1ccccc1)N(CC[C@H](N)C(=O)C[C@@H]1CC[C@H](C(=O)CCCN2C(=O)C=CC2=O)C1)C(=O)CO.O=C(O)C(F)(F)F. The molecule has 1 aliphatic carbocycles. The van der Waals surface area contributed by atoms with E-state index in [0.29, 0.717) is 43.4 Å². The summed E-state index contributed by atoms with van der Waals surface area (Å²) in [5, 5.41) is 22.0. The van der Waals surface area contributed by atoms with Crippen LogP contribution in [0.25, 0.3) is 5.69 Å². The molecular weight excluding hydrogens is 809 g/mol. The van der Waals surface area contributed by atoms with Crippen LogP contribution in [0, 0.1) is 28.9 Å². The maximum atomic E-state index is 15.0. The standard InChI is InChI=1S/C41H49F2N5O6.C2HF3O2/c1-41(2,3)40(39-29(20-26-8-5-4-6-9-26)24-48(45-39)33-23-30(42)13-14-31(33)43)47(38(54)25-49)19-17-32(44)35(51)22-27-11-12-28(21-27)34(50)10-7-18-46-36(52)15-16-37(46)53;3-2(4,5)1(6)7/h4-6,8-9,13-16,23-24,27-28,32,40,49H,7,10-12,17-22,25,44H2,1-3H3;(H,6,7)/t27-,28+,32+,40+;/m1./s1. The van der Waals surface area contributed by atoms with Gasteiger partial charge in [0.25, 0.3) is 11.8 Å². The fourth-order valence-corrected chi connectivity index (χ4v) is 7.60. The van der Waals surface area contributed by atoms with Gasteiger partial charge in [-0.1, -0.05) is 51.1 Å². The summed E-state index contributed by atoms with van der Waals surface area (Å²) in [5.41, 5.74) is 7.71. The molecule has 61 heavy (non-hydrogen) atoms. The number of alkyl halides is 3. The van der Waals surface area contributed by atoms with Crippen molar-refractivity contribution in [2.45, 2.75) is 90.4 Å². The molecule has 3 amide bonds. The summed E-state index contributed by atoms with van der Waals surface area (Å²) in [4.78, 5) is 74.8. The smallest absolute Gasteiger partial charge is 0.475 e. The minimum absolute atomic E-state index is 0.0174. The van der Waals surface area contributed by atoms with Gasteiger partial charge in [-0.25, -0.2) is 18.3 Å². The van der Waals surface area contributed by atoms with Crippen molar-refractivity contribution >= 4 is 35.3 Å². The molecule has 2 heterocycles. The first kappa shape index (κ1) is 48.1. The van der Waals surface area contributed by atoms with Crippen molar-refractivity contribution in [3.63, 3.8) is 0 Å². The van der Waals surface area contributed by atoms with E-state index in [2.05, 4.69) is 0 Å². The Kier molecular flexibility index (Phi) is 16.4. The zero-order valence-corrected chi connectivity index (χ0v) is 34.0. The third-order valence-electron chi connectivity index (χ3n) is 10.6. The van der Waals surface area contributed by atoms with Crippen LogP contribution in [0.5, 0.6) is 0 Å². The molecule has 0 spiro atoms. The first-order valence-electron chi connectivity index (χ1n) is 19.7. The molecule has 2 aliphatic rings. The molecule has 1 aliphatic heterocycles. The number of Topliss-reactive ketones (excluding diaryl/α,β-unsaturated/α-hetero) is 2. The molecule has 4 atom stereocenters. The molecule has 18 heteroatoms. The van der Waals surface area contributed by atoms with Crippen LogP contribution in [0.15, 0.2) is 66.9 Å². The molecule has 0 bridgehead atoms. The number of carbonyl (C=O) groups is 6. The van der Waals surface area contributed by atoms with Crippen LogP contribution in [0.3, 0.4) is 0 Å². The van der Waals surface area contributed by atoms with Crippen molar-refractivity contribution in [3.05, 3.63) is 95.3 Å². The van der Waals surface area contributed by atoms with E-state index in [9.17, 15) is 46.6 Å². The van der Waals surface area contributed by atoms with Crippen molar-refractivity contribution in [1.29, 1.82) is 0 Å². The van der Waals surface area contributed by atoms with Gasteiger partial charge in [0.05, 0.1) is 17.8 Å². The van der Waals surface area contributed by atoms with Gasteiger partial charge < -0.3 is 20.8 Å². The number of carbonyl (C=O) groups excluding carboxylic acids is 5. The van der Waals surface area contributed by atoms with Crippen LogP contribution in [-0.4, -0.2) is 97.0 Å². The summed E-state index contributed by atoms with van der Waals surface area (Å²) >= 11 is 0. The average Bonchev–Trinajstić information content (AvgIpc) is 3.92. The molecule has 4 N–H and O–H groups in total. The normalized spacial score (nSPS) is 17.5. The van der Waals surface area contributed by atoms with Gasteiger partial charge >= 0.3 is 12.1 Å². The van der Waals surface area contributed by atoms with E-state index in [4.69, 9.17) is 20.7 Å². The Bertz CT molecular complexity index is 2080. The van der Waals surface area contributed by atoms with Gasteiger partial charge in [0.2, 0.25) is 5.91 Å². The fourth-order valence-electron chi connectivity index (χ4n) is 7.60. The molecule has 330 valence electrons. The number of rotatable bonds is 17. The third-order valence-corrected chi connectivity index (χ3v) is 10.6. The number of hydrogen-bond donors (Lipinski definition) is 3. The second-order valence-corrected chi connectivity index (χ2v) is 16.2. The molecular formula is C43H50F5N5O8. The predicted octanol–water partition coefficient (Wildman–Crippen LogP) is 5.65. The molecule has 1 aromatic heterocycles. The Labute approximate surface area is 349 Å². The minimum atomic E-state index is -5.08. The largest absolute Gasteiger partial charge is 0.490 e. The lowest BCUT2D eigenvalue weighted by molar-refractivity contribution is -0.192. The zero-order valence-electron chi connectivity index (χ0n) is 34.0. The van der Waals surface area contributed by atoms with Gasteiger partial charge in [-0.3, -0.25) is 28.9 Å². The van der Waals surface area contributed by atoms with Crippen LogP contribution in [-0.2, 0) is 35.2 Å². The summed E-state index contributed by atoms with van der Waals surface area (Å²) < 4.78 is 62.3. The molecule has 2 aromatic carbocycles. The highest BCUT2D eigenvalue weighted by atomic mass is 19.4. The van der Waals surface area contributed by atoms with Crippen LogP contribution in [0.2, 0.25) is 0 Å². The second-order valence-electron chi connectivity index (χ2n) is 16.2. The lowest BCUT2D eigenvalue weighted by Crippen LogP contribution is -2.46. The van der Waals surface area contributed by atoms with Crippen molar-refractivity contribution in [1.82, 2.24) is 19.6 Å². The molecule has 1 saturated carbocycles. The number of benzene rings is 2. The van der Waals surface area contributed by atoms with Gasteiger partial charge in [-0.2, -0.15) is 18.3 Å². The number of carboxylic acid groups (broad SMARTS) is 1. The quantitative estimate of drug-likeness (QED) is 0.113. The second kappa shape index (κ2) is 20.8. The van der Waals surface area contributed by atoms with E-state index >= 15 is 4.39 Å². The fraction of sp³-hybridized carbons (Fsp3) is 0.465. The van der Waals surface area contributed by atoms with Crippen LogP contribution in [0.4, 0.5) is 22.0 Å². The Hall–Kier alpha value is -5.62. The number of imide groups is 1. The molecule has 3 aromatic rings. The topological polar surface area (TPSA) is 193 Å². The van der Waals surface area contributed by atoms with Crippen molar-refractivity contribution in [3.8, 4) is 5.69 Å². The van der Waals surface area contributed by atoms with Gasteiger partial charge in [0, 0.05) is 68.2 Å². The molecule has 5 rings (SSSR count). The van der Waals surface area contributed by atoms with Crippen LogP contribution < -0.4 is 5.73 Å². The monoisotopic (exact) mass is 859 g/mol. The highest BCUT2D eigenvalue weighted by Crippen LogP contribution is 2.40. The number of aliphatic hydroxyl groups excluding tert-OH is 1. The van der Waals surface area contributed by atoms with E-state index < -0.39 is 53.8 Å². The molecule has 13 nitrogen and oxygen atoms in total. The van der Waals surface area contributed by atoms with Gasteiger partial charge in [0.15, 0.2) is 0 Å². The number of nitrogens with zero attached hydrogens (tertiary/aromatic N) is 4. The summed E-state index contributed by atoms with van der Waals surface area (Å²) in [6.07, 6.45) is 2.18. The summed E-state index contributed by atoms with van der Waals surface area (Å²) in [6, 6.07) is 10.9. The highest BCUT2D eigenvalue weighted by molar-refractivity contribution is 6.12. The maximum Gasteiger partial charge on any atom is 0.490 e. The predicted molar refractivity (Wildman–Crippen MR) is 211 cm³/mol. The number of aliphatic hydroxyl groups is 1. The maximum absolute atomic E-state index is 15.0. The van der Waals surface area contributed by atoms with Crippen molar-refractivity contribution < 1.29 is 60.9 Å². The van der Waals surface area contributed by atoms with Gasteiger partial charge in [0.1, 0.15) is 35.5 Å². The van der Waals surface area contributed by atoms with Crippen molar-refractivity contribution in [2.24, 2.45) is 23.0 Å². The van der Waals surface area contributed by atoms with E-state index in [1.165, 1.54) is 21.7 Å². The van der Waals surface area contributed by atoms with Crippen LogP contribution >= 0.6 is 0 Å². The summed E-state index contributed by atoms with van der Waals surface area (Å²) in [5.74, 6) is -5.77. The first-order chi connectivity index (χ1) is 28.6. The number of aromatic nitrogens is 2. The Balaban J connectivity index is 0.00000107. The third kappa shape index (κ3) is 13.2. The first-order valence-corrected chi connectivity index (χ1v) is 19.7. The average molecular weight is 860 g/mol. The van der Waals surface area contributed by atoms with E-state index in [1.807, 2.05) is 51.1 Å². The number of amides is 3. The highest BCUT2D eigenvalue weighted by Gasteiger charge is 2.40. The lowest BCUT2D eigenvalue weighted by atomic mass is 9.81. The number of aliphatic carboxylic acids is 1. The number of nitrogens with two attached hydrogens (primary N) is 1. The van der Waals surface area contributed by atoms with Crippen LogP contribution in [0.1, 0.15) is 88.6 Å². The number of ketones is 2. The van der Waals surface area contributed by atoms with E-state index in [-0.39, 0.29) is 73.3 Å². The number of hydrogen-bond acceptors (Lipinski definition) is 9. The van der Waals surface area contributed by atoms with Gasteiger partial charge in [-0.05, 0) is 61.1 Å². The number of halogens is 5. The Morgan fingerprint density at radius 3 is 2.21 bits per heavy atom. The Morgan fingerprint density at radius 2 is 1.62 bits per heavy atom. The summed E-state index contributed by atoms with van der Waals surface area (Å²) in [6.45, 7) is 5.14. The van der Waals surface area contributed by atoms with E-state index in [1.54, 1.807) is 6.20 Å². The zero-order chi connectivity index (χ0) is 45.2. The van der Waals surface area contributed by atoms with Crippen molar-refractivity contribution in [2.75, 3.05) is 19.7 Å². The molecule has 0 radical (unpaired) electrons. The Morgan fingerprint density at radius 1 is 0.984 bits per heavy atom. The molecule has 1 fully saturated rings. The summed E-state index contributed by atoms with van der Waals surface area (Å²) in [7, 11) is 0. The van der Waals surface area contributed by atoms with Gasteiger partial charge in [-0.15, -0.1) is 0 Å². The molecule has 0 saturated heterocycles. The van der Waals surface area contributed by atoms with E-state index in [0.717, 1.165) is 28.7 Å². The molecule has 0 unspecified atom stereocenters. The minimum Gasteiger partial charge on any atom is -0.475 e.